The summed E-state index contributed by atoms with van der Waals surface area (Å²) in [6.07, 6.45) is 7.25. The van der Waals surface area contributed by atoms with E-state index in [1.165, 1.54) is 11.5 Å². The molecule has 0 aliphatic carbocycles. The third kappa shape index (κ3) is 3.22. The van der Waals surface area contributed by atoms with Gasteiger partial charge in [-0.1, -0.05) is 17.8 Å². The van der Waals surface area contributed by atoms with Crippen LogP contribution in [0.3, 0.4) is 0 Å². The van der Waals surface area contributed by atoms with E-state index in [1.807, 2.05) is 0 Å². The van der Waals surface area contributed by atoms with Crippen LogP contribution < -0.4 is 4.74 Å². The Kier molecular flexibility index (Phi) is 4.57. The fraction of sp³-hybridized carbons (Fsp3) is 0.500. The van der Waals surface area contributed by atoms with Gasteiger partial charge in [-0.15, -0.1) is 5.10 Å². The van der Waals surface area contributed by atoms with E-state index < -0.39 is 0 Å². The van der Waals surface area contributed by atoms with Gasteiger partial charge < -0.3 is 9.64 Å². The second kappa shape index (κ2) is 6.78. The summed E-state index contributed by atoms with van der Waals surface area (Å²) in [5, 5.41) is 4.06. The average Bonchev–Trinajstić information content (AvgIpc) is 3.18. The lowest BCUT2D eigenvalue weighted by atomic mass is 10.2. The minimum absolute atomic E-state index is 0.00342. The zero-order chi connectivity index (χ0) is 15.4. The van der Waals surface area contributed by atoms with Crippen molar-refractivity contribution in [3.8, 4) is 5.88 Å². The molecule has 0 unspecified atom stereocenters. The lowest BCUT2D eigenvalue weighted by Crippen LogP contribution is -2.31. The monoisotopic (exact) mass is 319 g/mol. The van der Waals surface area contributed by atoms with Crippen molar-refractivity contribution in [2.45, 2.75) is 32.3 Å². The molecule has 1 fully saturated rings. The summed E-state index contributed by atoms with van der Waals surface area (Å²) in [7, 11) is 0. The van der Waals surface area contributed by atoms with E-state index in [9.17, 15) is 4.79 Å². The second-order valence-corrected chi connectivity index (χ2v) is 5.88. The predicted molar refractivity (Wildman–Crippen MR) is 80.9 cm³/mol. The van der Waals surface area contributed by atoms with Gasteiger partial charge in [-0.25, -0.2) is 4.98 Å². The number of hydrogen-bond acceptors (Lipinski definition) is 7. The molecule has 0 aromatic carbocycles. The molecule has 2 aromatic heterocycles. The van der Waals surface area contributed by atoms with Crippen LogP contribution in [-0.2, 0) is 6.42 Å². The molecule has 1 aliphatic rings. The molecule has 1 aliphatic heterocycles. The van der Waals surface area contributed by atoms with Crippen molar-refractivity contribution in [3.05, 3.63) is 29.2 Å². The van der Waals surface area contributed by atoms with Crippen LogP contribution in [0.5, 0.6) is 5.88 Å². The number of likely N-dealkylation sites (tertiary alicyclic amines) is 1. The Morgan fingerprint density at radius 1 is 1.50 bits per heavy atom. The van der Waals surface area contributed by atoms with E-state index in [2.05, 4.69) is 26.5 Å². The number of ether oxygens (including phenoxy) is 1. The molecule has 116 valence electrons. The van der Waals surface area contributed by atoms with Gasteiger partial charge in [-0.3, -0.25) is 9.78 Å². The molecule has 0 radical (unpaired) electrons. The molecule has 7 nitrogen and oxygen atoms in total. The van der Waals surface area contributed by atoms with Crippen molar-refractivity contribution in [2.75, 3.05) is 13.1 Å². The summed E-state index contributed by atoms with van der Waals surface area (Å²) in [6, 6.07) is 0. The number of aryl methyl sites for hydroxylation is 1. The summed E-state index contributed by atoms with van der Waals surface area (Å²) < 4.78 is 9.67. The SMILES string of the molecule is CCCc1nnsc1C(=O)N1CC[C@@H](Oc2cnccn2)C1. The van der Waals surface area contributed by atoms with Gasteiger partial charge in [-0.2, -0.15) is 0 Å². The van der Waals surface area contributed by atoms with Crippen LogP contribution in [0.15, 0.2) is 18.6 Å². The maximum atomic E-state index is 12.6. The van der Waals surface area contributed by atoms with Gasteiger partial charge in [0.15, 0.2) is 0 Å². The molecule has 22 heavy (non-hydrogen) atoms. The number of carbonyl (C=O) groups is 1. The first-order valence-corrected chi connectivity index (χ1v) is 8.08. The van der Waals surface area contributed by atoms with Gasteiger partial charge in [0.05, 0.1) is 18.4 Å². The maximum absolute atomic E-state index is 12.6. The summed E-state index contributed by atoms with van der Waals surface area (Å²) in [5.74, 6) is 0.497. The number of carbonyl (C=O) groups excluding carboxylic acids is 1. The average molecular weight is 319 g/mol. The van der Waals surface area contributed by atoms with Gasteiger partial charge in [-0.05, 0) is 18.0 Å². The highest BCUT2D eigenvalue weighted by atomic mass is 32.1. The second-order valence-electron chi connectivity index (χ2n) is 5.12. The van der Waals surface area contributed by atoms with Crippen molar-refractivity contribution in [3.63, 3.8) is 0 Å². The smallest absolute Gasteiger partial charge is 0.267 e. The Morgan fingerprint density at radius 2 is 2.41 bits per heavy atom. The van der Waals surface area contributed by atoms with Crippen molar-refractivity contribution < 1.29 is 9.53 Å². The van der Waals surface area contributed by atoms with Crippen LogP contribution in [0.1, 0.15) is 35.1 Å². The zero-order valence-corrected chi connectivity index (χ0v) is 13.1. The fourth-order valence-corrected chi connectivity index (χ4v) is 3.12. The fourth-order valence-electron chi connectivity index (χ4n) is 2.44. The molecule has 8 heteroatoms. The molecule has 0 N–H and O–H groups in total. The first-order chi connectivity index (χ1) is 10.8. The first kappa shape index (κ1) is 14.8. The number of nitrogens with zero attached hydrogens (tertiary/aromatic N) is 5. The number of hydrogen-bond donors (Lipinski definition) is 0. The van der Waals surface area contributed by atoms with Gasteiger partial charge in [0.1, 0.15) is 11.0 Å². The van der Waals surface area contributed by atoms with Crippen molar-refractivity contribution in [1.29, 1.82) is 0 Å². The number of aromatic nitrogens is 4. The van der Waals surface area contributed by atoms with E-state index >= 15 is 0 Å². The molecule has 3 rings (SSSR count). The highest BCUT2D eigenvalue weighted by molar-refractivity contribution is 7.08. The predicted octanol–water partition coefficient (Wildman–Crippen LogP) is 1.57. The Morgan fingerprint density at radius 3 is 3.18 bits per heavy atom. The minimum Gasteiger partial charge on any atom is -0.471 e. The highest BCUT2D eigenvalue weighted by Gasteiger charge is 2.30. The Balaban J connectivity index is 1.62. The minimum atomic E-state index is -0.0452. The van der Waals surface area contributed by atoms with E-state index in [1.54, 1.807) is 23.5 Å². The third-order valence-corrected chi connectivity index (χ3v) is 4.25. The van der Waals surface area contributed by atoms with Crippen LogP contribution >= 0.6 is 11.5 Å². The van der Waals surface area contributed by atoms with Crippen LogP contribution in [-0.4, -0.2) is 49.6 Å². The molecule has 0 spiro atoms. The van der Waals surface area contributed by atoms with Gasteiger partial charge in [0.25, 0.3) is 5.91 Å². The van der Waals surface area contributed by atoms with Crippen molar-refractivity contribution in [2.24, 2.45) is 0 Å². The first-order valence-electron chi connectivity index (χ1n) is 7.31. The Labute approximate surface area is 132 Å². The summed E-state index contributed by atoms with van der Waals surface area (Å²) in [6.45, 7) is 3.29. The number of rotatable bonds is 5. The quantitative estimate of drug-likeness (QED) is 0.832. The Hall–Kier alpha value is -2.09. The topological polar surface area (TPSA) is 81.1 Å². The lowest BCUT2D eigenvalue weighted by molar-refractivity contribution is 0.0774. The molecule has 1 atom stereocenters. The molecule has 1 saturated heterocycles. The highest BCUT2D eigenvalue weighted by Crippen LogP contribution is 2.21. The molecular weight excluding hydrogens is 302 g/mol. The summed E-state index contributed by atoms with van der Waals surface area (Å²) in [5.41, 5.74) is 0.802. The maximum Gasteiger partial charge on any atom is 0.267 e. The van der Waals surface area contributed by atoms with Crippen LogP contribution in [0.4, 0.5) is 0 Å². The standard InChI is InChI=1S/C14H17N5O2S/c1-2-3-11-13(22-18-17-11)14(20)19-7-4-10(9-19)21-12-8-15-5-6-16-12/h5-6,8,10H,2-4,7,9H2,1H3/t10-/m1/s1. The molecule has 2 aromatic rings. The van der Waals surface area contributed by atoms with E-state index in [0.717, 1.165) is 25.0 Å². The van der Waals surface area contributed by atoms with Gasteiger partial charge >= 0.3 is 0 Å². The summed E-state index contributed by atoms with van der Waals surface area (Å²) >= 11 is 1.17. The molecular formula is C14H17N5O2S. The third-order valence-electron chi connectivity index (χ3n) is 3.50. The molecule has 0 saturated carbocycles. The van der Waals surface area contributed by atoms with Crippen LogP contribution in [0, 0.1) is 0 Å². The largest absolute Gasteiger partial charge is 0.471 e. The normalized spacial score (nSPS) is 17.7. The molecule has 3 heterocycles. The van der Waals surface area contributed by atoms with Crippen molar-refractivity contribution in [1.82, 2.24) is 24.5 Å². The number of amides is 1. The lowest BCUT2D eigenvalue weighted by Gasteiger charge is -2.16. The van der Waals surface area contributed by atoms with Crippen LogP contribution in [0.2, 0.25) is 0 Å². The van der Waals surface area contributed by atoms with Gasteiger partial charge in [0, 0.05) is 25.4 Å². The van der Waals surface area contributed by atoms with Crippen LogP contribution in [0.25, 0.3) is 0 Å². The van der Waals surface area contributed by atoms with Crippen molar-refractivity contribution >= 4 is 17.4 Å². The van der Waals surface area contributed by atoms with E-state index in [-0.39, 0.29) is 12.0 Å². The van der Waals surface area contributed by atoms with E-state index in [0.29, 0.717) is 23.8 Å². The molecule has 0 bridgehead atoms. The molecule has 1 amide bonds. The zero-order valence-electron chi connectivity index (χ0n) is 12.3. The van der Waals surface area contributed by atoms with E-state index in [4.69, 9.17) is 4.74 Å². The summed E-state index contributed by atoms with van der Waals surface area (Å²) in [4.78, 5) is 23.1. The van der Waals surface area contributed by atoms with Gasteiger partial charge in [0.2, 0.25) is 5.88 Å². The Bertz CT molecular complexity index is 633.